The van der Waals surface area contributed by atoms with E-state index in [1.54, 1.807) is 0 Å². The van der Waals surface area contributed by atoms with Crippen LogP contribution in [-0.4, -0.2) is 25.9 Å². The first-order valence-electron chi connectivity index (χ1n) is 12.9. The molecule has 4 aromatic rings. The zero-order valence-corrected chi connectivity index (χ0v) is 20.2. The topological polar surface area (TPSA) is 82.9 Å². The maximum Gasteiger partial charge on any atom is 0.121 e. The lowest BCUT2D eigenvalue weighted by atomic mass is 9.90. The normalized spacial score (nSPS) is 17.7. The molecule has 6 heteroatoms. The third-order valence-electron chi connectivity index (χ3n) is 7.44. The van der Waals surface area contributed by atoms with E-state index in [0.29, 0.717) is 12.6 Å². The largest absolute Gasteiger partial charge is 0.341 e. The van der Waals surface area contributed by atoms with Gasteiger partial charge in [0.25, 0.3) is 0 Å². The van der Waals surface area contributed by atoms with Crippen molar-refractivity contribution in [3.63, 3.8) is 0 Å². The third kappa shape index (κ3) is 5.01. The fraction of sp³-hybridized carbons (Fsp3) is 0.379. The summed E-state index contributed by atoms with van der Waals surface area (Å²) in [6, 6.07) is 20.3. The van der Waals surface area contributed by atoms with E-state index in [1.807, 2.05) is 12.3 Å². The van der Waals surface area contributed by atoms with Gasteiger partial charge in [-0.2, -0.15) is 0 Å². The summed E-state index contributed by atoms with van der Waals surface area (Å²) in [5.74, 6) is 1.01. The van der Waals surface area contributed by atoms with Crippen LogP contribution in [-0.2, 0) is 32.6 Å². The van der Waals surface area contributed by atoms with Crippen molar-refractivity contribution >= 4 is 11.0 Å². The molecule has 0 bridgehead atoms. The third-order valence-corrected chi connectivity index (χ3v) is 7.44. The second-order valence-corrected chi connectivity index (χ2v) is 10.0. The molecule has 1 fully saturated rings. The Bertz CT molecular complexity index is 1270. The van der Waals surface area contributed by atoms with Crippen LogP contribution >= 0.6 is 0 Å². The quantitative estimate of drug-likeness (QED) is 0.332. The van der Waals surface area contributed by atoms with Gasteiger partial charge in [0, 0.05) is 31.9 Å². The molecular weight excluding hydrogens is 432 g/mol. The van der Waals surface area contributed by atoms with Gasteiger partial charge < -0.3 is 16.0 Å². The van der Waals surface area contributed by atoms with E-state index >= 15 is 0 Å². The van der Waals surface area contributed by atoms with Crippen LogP contribution in [0.2, 0.25) is 0 Å². The Kier molecular flexibility index (Phi) is 6.34. The number of para-hydroxylation sites is 2. The lowest BCUT2D eigenvalue weighted by Gasteiger charge is -2.35. The molecule has 0 aliphatic heterocycles. The SMILES string of the molecule is NCc1ccc(CN(Cc2nc3ccccc3[nH]2)C2CCCc3cccnc32)c(CNC2CC2)c1. The first kappa shape index (κ1) is 22.4. The van der Waals surface area contributed by atoms with Crippen molar-refractivity contribution in [1.29, 1.82) is 0 Å². The average Bonchev–Trinajstić information content (AvgIpc) is 3.64. The Hall–Kier alpha value is -3.06. The molecule has 1 atom stereocenters. The van der Waals surface area contributed by atoms with Crippen LogP contribution < -0.4 is 11.1 Å². The monoisotopic (exact) mass is 466 g/mol. The first-order chi connectivity index (χ1) is 17.3. The van der Waals surface area contributed by atoms with Gasteiger partial charge in [-0.05, 0) is 72.6 Å². The maximum atomic E-state index is 6.00. The van der Waals surface area contributed by atoms with Gasteiger partial charge >= 0.3 is 0 Å². The Balaban J connectivity index is 1.34. The van der Waals surface area contributed by atoms with Gasteiger partial charge in [0.05, 0.1) is 29.3 Å². The number of hydrogen-bond acceptors (Lipinski definition) is 5. The molecule has 35 heavy (non-hydrogen) atoms. The summed E-state index contributed by atoms with van der Waals surface area (Å²) in [6.07, 6.45) is 7.92. The van der Waals surface area contributed by atoms with E-state index in [2.05, 4.69) is 63.7 Å². The van der Waals surface area contributed by atoms with E-state index in [4.69, 9.17) is 15.7 Å². The molecule has 0 amide bonds. The molecule has 0 spiro atoms. The highest BCUT2D eigenvalue weighted by Crippen LogP contribution is 2.35. The van der Waals surface area contributed by atoms with Gasteiger partial charge in [-0.25, -0.2) is 4.98 Å². The summed E-state index contributed by atoms with van der Waals surface area (Å²) in [4.78, 5) is 15.9. The van der Waals surface area contributed by atoms with Crippen LogP contribution in [0.15, 0.2) is 60.8 Å². The molecule has 0 radical (unpaired) electrons. The molecule has 1 saturated carbocycles. The van der Waals surface area contributed by atoms with Crippen molar-refractivity contribution < 1.29 is 0 Å². The van der Waals surface area contributed by atoms with Crippen LogP contribution in [0.1, 0.15) is 65.5 Å². The van der Waals surface area contributed by atoms with Gasteiger partial charge in [-0.3, -0.25) is 9.88 Å². The highest BCUT2D eigenvalue weighted by Gasteiger charge is 2.29. The Morgan fingerprint density at radius 3 is 2.77 bits per heavy atom. The number of pyridine rings is 1. The minimum Gasteiger partial charge on any atom is -0.341 e. The van der Waals surface area contributed by atoms with Crippen LogP contribution in [0.3, 0.4) is 0 Å². The molecule has 0 saturated heterocycles. The molecule has 4 N–H and O–H groups in total. The average molecular weight is 467 g/mol. The lowest BCUT2D eigenvalue weighted by molar-refractivity contribution is 0.153. The predicted octanol–water partition coefficient (Wildman–Crippen LogP) is 4.75. The zero-order chi connectivity index (χ0) is 23.6. The number of aryl methyl sites for hydroxylation is 1. The number of H-pyrrole nitrogens is 1. The van der Waals surface area contributed by atoms with E-state index in [0.717, 1.165) is 49.3 Å². The summed E-state index contributed by atoms with van der Waals surface area (Å²) in [7, 11) is 0. The summed E-state index contributed by atoms with van der Waals surface area (Å²) in [5.41, 5.74) is 14.6. The Morgan fingerprint density at radius 2 is 1.91 bits per heavy atom. The molecule has 2 aliphatic rings. The number of imidazole rings is 1. The summed E-state index contributed by atoms with van der Waals surface area (Å²) in [6.45, 7) is 3.07. The van der Waals surface area contributed by atoms with Crippen molar-refractivity contribution in [3.8, 4) is 0 Å². The minimum atomic E-state index is 0.270. The lowest BCUT2D eigenvalue weighted by Crippen LogP contribution is -2.32. The van der Waals surface area contributed by atoms with Crippen molar-refractivity contribution in [2.45, 2.75) is 70.4 Å². The number of aromatic amines is 1. The number of nitrogens with two attached hydrogens (primary N) is 1. The Labute approximate surface area is 207 Å². The van der Waals surface area contributed by atoms with Crippen LogP contribution in [0.4, 0.5) is 0 Å². The van der Waals surface area contributed by atoms with Crippen LogP contribution in [0.5, 0.6) is 0 Å². The minimum absolute atomic E-state index is 0.270. The first-order valence-corrected chi connectivity index (χ1v) is 12.9. The number of nitrogens with one attached hydrogen (secondary N) is 2. The summed E-state index contributed by atoms with van der Waals surface area (Å²) >= 11 is 0. The molecule has 2 aromatic carbocycles. The second-order valence-electron chi connectivity index (χ2n) is 10.0. The number of aromatic nitrogens is 3. The zero-order valence-electron chi connectivity index (χ0n) is 20.2. The molecule has 2 aliphatic carbocycles. The molecule has 2 aromatic heterocycles. The van der Waals surface area contributed by atoms with Crippen molar-refractivity contribution in [3.05, 3.63) is 94.6 Å². The highest BCUT2D eigenvalue weighted by atomic mass is 15.2. The fourth-order valence-corrected chi connectivity index (χ4v) is 5.38. The van der Waals surface area contributed by atoms with Crippen molar-refractivity contribution in [1.82, 2.24) is 25.2 Å². The second kappa shape index (κ2) is 9.90. The molecule has 2 heterocycles. The van der Waals surface area contributed by atoms with Crippen LogP contribution in [0, 0.1) is 0 Å². The molecule has 180 valence electrons. The number of fused-ring (bicyclic) bond motifs is 2. The van der Waals surface area contributed by atoms with Gasteiger partial charge in [-0.1, -0.05) is 36.4 Å². The maximum absolute atomic E-state index is 6.00. The Morgan fingerprint density at radius 1 is 1.00 bits per heavy atom. The van der Waals surface area contributed by atoms with Gasteiger partial charge in [-0.15, -0.1) is 0 Å². The molecule has 6 nitrogen and oxygen atoms in total. The van der Waals surface area contributed by atoms with Crippen LogP contribution in [0.25, 0.3) is 11.0 Å². The van der Waals surface area contributed by atoms with E-state index < -0.39 is 0 Å². The molecule has 1 unspecified atom stereocenters. The summed E-state index contributed by atoms with van der Waals surface area (Å²) < 4.78 is 0. The van der Waals surface area contributed by atoms with E-state index in [9.17, 15) is 0 Å². The fourth-order valence-electron chi connectivity index (χ4n) is 5.38. The van der Waals surface area contributed by atoms with Crippen molar-refractivity contribution in [2.24, 2.45) is 5.73 Å². The number of benzene rings is 2. The van der Waals surface area contributed by atoms with Gasteiger partial charge in [0.2, 0.25) is 0 Å². The summed E-state index contributed by atoms with van der Waals surface area (Å²) in [5, 5.41) is 3.71. The standard InChI is InChI=1S/C29H34N6/c30-16-20-10-11-22(23(15-20)17-32-24-12-13-24)18-35(19-28-33-25-7-1-2-8-26(25)34-28)27-9-3-5-21-6-4-14-31-29(21)27/h1-2,4,6-8,10-11,14-15,24,27,32H,3,5,9,12-13,16-19,30H2,(H,33,34). The number of rotatable bonds is 9. The highest BCUT2D eigenvalue weighted by molar-refractivity contribution is 5.74. The van der Waals surface area contributed by atoms with E-state index in [1.165, 1.54) is 47.2 Å². The van der Waals surface area contributed by atoms with E-state index in [-0.39, 0.29) is 6.04 Å². The van der Waals surface area contributed by atoms with Gasteiger partial charge in [0.1, 0.15) is 5.82 Å². The smallest absolute Gasteiger partial charge is 0.121 e. The van der Waals surface area contributed by atoms with Crippen molar-refractivity contribution in [2.75, 3.05) is 0 Å². The number of hydrogen-bond donors (Lipinski definition) is 3. The number of nitrogens with zero attached hydrogens (tertiary/aromatic N) is 3. The predicted molar refractivity (Wildman–Crippen MR) is 139 cm³/mol. The molecular formula is C29H34N6. The van der Waals surface area contributed by atoms with Gasteiger partial charge in [0.15, 0.2) is 0 Å². The molecule has 6 rings (SSSR count).